The first-order valence-electron chi connectivity index (χ1n) is 6.30. The van der Waals surface area contributed by atoms with E-state index < -0.39 is 0 Å². The van der Waals surface area contributed by atoms with Gasteiger partial charge in [0, 0.05) is 35.9 Å². The van der Waals surface area contributed by atoms with E-state index in [2.05, 4.69) is 32.2 Å². The number of nitrogens with zero attached hydrogens (tertiary/aromatic N) is 4. The monoisotopic (exact) mass is 261 g/mol. The predicted molar refractivity (Wildman–Crippen MR) is 76.0 cm³/mol. The van der Waals surface area contributed by atoms with Crippen molar-refractivity contribution in [3.05, 3.63) is 61.3 Å². The zero-order valence-corrected chi connectivity index (χ0v) is 10.6. The smallest absolute Gasteiger partial charge is 0.162 e. The van der Waals surface area contributed by atoms with E-state index in [1.165, 1.54) is 0 Å². The minimum Gasteiger partial charge on any atom is -0.345 e. The van der Waals surface area contributed by atoms with Gasteiger partial charge in [-0.05, 0) is 11.6 Å². The minimum absolute atomic E-state index is 0.859. The summed E-state index contributed by atoms with van der Waals surface area (Å²) in [7, 11) is 0. The minimum atomic E-state index is 0.859. The van der Waals surface area contributed by atoms with Gasteiger partial charge in [-0.15, -0.1) is 0 Å². The van der Waals surface area contributed by atoms with Crippen molar-refractivity contribution in [1.82, 2.24) is 24.6 Å². The largest absolute Gasteiger partial charge is 0.345 e. The van der Waals surface area contributed by atoms with Gasteiger partial charge in [0.25, 0.3) is 0 Å². The molecule has 3 aromatic heterocycles. The molecule has 4 rings (SSSR count). The van der Waals surface area contributed by atoms with Crippen molar-refractivity contribution in [3.63, 3.8) is 0 Å². The molecule has 96 valence electrons. The molecule has 0 atom stereocenters. The Hall–Kier alpha value is -2.95. The van der Waals surface area contributed by atoms with Crippen molar-refractivity contribution in [2.24, 2.45) is 0 Å². The average molecular weight is 261 g/mol. The summed E-state index contributed by atoms with van der Waals surface area (Å²) in [6.07, 6.45) is 9.07. The maximum atomic E-state index is 4.37. The van der Waals surface area contributed by atoms with Crippen molar-refractivity contribution < 1.29 is 0 Å². The summed E-state index contributed by atoms with van der Waals surface area (Å²) >= 11 is 0. The van der Waals surface area contributed by atoms with Crippen LogP contribution in [0.1, 0.15) is 0 Å². The van der Waals surface area contributed by atoms with Crippen molar-refractivity contribution in [2.75, 3.05) is 0 Å². The molecule has 3 heterocycles. The lowest BCUT2D eigenvalue weighted by atomic mass is 10.1. The first-order valence-corrected chi connectivity index (χ1v) is 6.30. The molecule has 0 aliphatic heterocycles. The van der Waals surface area contributed by atoms with Gasteiger partial charge in [0.1, 0.15) is 5.82 Å². The molecule has 0 saturated heterocycles. The summed E-state index contributed by atoms with van der Waals surface area (Å²) < 4.78 is 1.77. The Morgan fingerprint density at radius 2 is 1.80 bits per heavy atom. The Morgan fingerprint density at radius 3 is 2.60 bits per heavy atom. The average Bonchev–Trinajstić information content (AvgIpc) is 3.17. The summed E-state index contributed by atoms with van der Waals surface area (Å²) in [5, 5.41) is 4.30. The summed E-state index contributed by atoms with van der Waals surface area (Å²) in [5.74, 6) is 0.870. The van der Waals surface area contributed by atoms with Gasteiger partial charge in [0.05, 0.1) is 6.20 Å². The molecule has 0 unspecified atom stereocenters. The number of aromatic amines is 1. The summed E-state index contributed by atoms with van der Waals surface area (Å²) in [4.78, 5) is 11.7. The second-order valence-corrected chi connectivity index (χ2v) is 4.46. The molecule has 0 amide bonds. The van der Waals surface area contributed by atoms with E-state index in [0.29, 0.717) is 0 Å². The van der Waals surface area contributed by atoms with Crippen LogP contribution in [0.25, 0.3) is 28.2 Å². The fourth-order valence-electron chi connectivity index (χ4n) is 2.26. The molecule has 0 fully saturated rings. The third-order valence-electron chi connectivity index (χ3n) is 3.25. The highest BCUT2D eigenvalue weighted by Gasteiger charge is 2.07. The highest BCUT2D eigenvalue weighted by molar-refractivity contribution is 5.78. The summed E-state index contributed by atoms with van der Waals surface area (Å²) in [6.45, 7) is 0. The van der Waals surface area contributed by atoms with E-state index in [4.69, 9.17) is 0 Å². The van der Waals surface area contributed by atoms with Gasteiger partial charge in [0.15, 0.2) is 5.65 Å². The molecular formula is C15H11N5. The molecule has 0 radical (unpaired) electrons. The molecule has 1 aromatic carbocycles. The lowest BCUT2D eigenvalue weighted by Gasteiger charge is -2.01. The molecular weight excluding hydrogens is 250 g/mol. The van der Waals surface area contributed by atoms with E-state index in [0.717, 1.165) is 28.2 Å². The van der Waals surface area contributed by atoms with Crippen LogP contribution in [0.2, 0.25) is 0 Å². The summed E-state index contributed by atoms with van der Waals surface area (Å²) in [6, 6.07) is 10.1. The topological polar surface area (TPSA) is 58.9 Å². The first-order chi connectivity index (χ1) is 9.92. The van der Waals surface area contributed by atoms with Gasteiger partial charge in [0.2, 0.25) is 0 Å². The van der Waals surface area contributed by atoms with E-state index in [1.54, 1.807) is 16.9 Å². The molecule has 0 aliphatic carbocycles. The second kappa shape index (κ2) is 4.31. The van der Waals surface area contributed by atoms with E-state index in [-0.39, 0.29) is 0 Å². The first kappa shape index (κ1) is 10.9. The standard InChI is InChI=1S/C15H11N5/c1-6-18-15-13(10-19-20(15)9-1)11-2-4-12(5-3-11)14-16-7-8-17-14/h1-10H,(H,16,17). The molecule has 0 saturated carbocycles. The second-order valence-electron chi connectivity index (χ2n) is 4.46. The van der Waals surface area contributed by atoms with Gasteiger partial charge >= 0.3 is 0 Å². The zero-order chi connectivity index (χ0) is 13.4. The molecule has 0 bridgehead atoms. The lowest BCUT2D eigenvalue weighted by molar-refractivity contribution is 0.939. The van der Waals surface area contributed by atoms with Crippen LogP contribution in [-0.2, 0) is 0 Å². The zero-order valence-electron chi connectivity index (χ0n) is 10.6. The molecule has 20 heavy (non-hydrogen) atoms. The van der Waals surface area contributed by atoms with Crippen molar-refractivity contribution in [1.29, 1.82) is 0 Å². The Labute approximate surface area is 115 Å². The summed E-state index contributed by atoms with van der Waals surface area (Å²) in [5.41, 5.74) is 4.03. The number of hydrogen-bond donors (Lipinski definition) is 1. The van der Waals surface area contributed by atoms with Gasteiger partial charge in [-0.25, -0.2) is 14.5 Å². The predicted octanol–water partition coefficient (Wildman–Crippen LogP) is 2.79. The lowest BCUT2D eigenvalue weighted by Crippen LogP contribution is -1.87. The van der Waals surface area contributed by atoms with E-state index >= 15 is 0 Å². The number of H-pyrrole nitrogens is 1. The number of nitrogens with one attached hydrogen (secondary N) is 1. The normalized spacial score (nSPS) is 11.0. The van der Waals surface area contributed by atoms with Crippen LogP contribution in [0, 0.1) is 0 Å². The Kier molecular flexibility index (Phi) is 2.35. The SMILES string of the molecule is c1cnc2c(-c3ccc(-c4ncc[nH]4)cc3)cnn2c1. The van der Waals surface area contributed by atoms with Crippen molar-refractivity contribution >= 4 is 5.65 Å². The molecule has 5 nitrogen and oxygen atoms in total. The van der Waals surface area contributed by atoms with Gasteiger partial charge < -0.3 is 4.98 Å². The maximum Gasteiger partial charge on any atom is 0.162 e. The number of imidazole rings is 1. The Balaban J connectivity index is 1.79. The highest BCUT2D eigenvalue weighted by atomic mass is 15.2. The van der Waals surface area contributed by atoms with E-state index in [9.17, 15) is 0 Å². The van der Waals surface area contributed by atoms with Crippen LogP contribution in [0.3, 0.4) is 0 Å². The number of aromatic nitrogens is 5. The molecule has 0 aliphatic rings. The van der Waals surface area contributed by atoms with Gasteiger partial charge in [-0.1, -0.05) is 24.3 Å². The number of benzene rings is 1. The number of rotatable bonds is 2. The molecule has 4 aromatic rings. The molecule has 5 heteroatoms. The van der Waals surface area contributed by atoms with Crippen LogP contribution in [0.15, 0.2) is 61.3 Å². The van der Waals surface area contributed by atoms with Gasteiger partial charge in [-0.3, -0.25) is 0 Å². The third kappa shape index (κ3) is 1.68. The highest BCUT2D eigenvalue weighted by Crippen LogP contribution is 2.25. The Bertz CT molecular complexity index is 844. The van der Waals surface area contributed by atoms with Crippen molar-refractivity contribution in [2.45, 2.75) is 0 Å². The fourth-order valence-corrected chi connectivity index (χ4v) is 2.26. The van der Waals surface area contributed by atoms with Crippen LogP contribution < -0.4 is 0 Å². The molecule has 1 N–H and O–H groups in total. The number of hydrogen-bond acceptors (Lipinski definition) is 3. The van der Waals surface area contributed by atoms with Crippen LogP contribution >= 0.6 is 0 Å². The van der Waals surface area contributed by atoms with Gasteiger partial charge in [-0.2, -0.15) is 5.10 Å². The van der Waals surface area contributed by atoms with Crippen molar-refractivity contribution in [3.8, 4) is 22.5 Å². The quantitative estimate of drug-likeness (QED) is 0.603. The number of fused-ring (bicyclic) bond motifs is 1. The van der Waals surface area contributed by atoms with Crippen LogP contribution in [0.5, 0.6) is 0 Å². The maximum absolute atomic E-state index is 4.37. The fraction of sp³-hybridized carbons (Fsp3) is 0. The molecule has 0 spiro atoms. The third-order valence-corrected chi connectivity index (χ3v) is 3.25. The Morgan fingerprint density at radius 1 is 0.950 bits per heavy atom. The van der Waals surface area contributed by atoms with E-state index in [1.807, 2.05) is 36.8 Å². The van der Waals surface area contributed by atoms with Crippen LogP contribution in [-0.4, -0.2) is 24.6 Å². The van der Waals surface area contributed by atoms with Crippen LogP contribution in [0.4, 0.5) is 0 Å².